The lowest BCUT2D eigenvalue weighted by Gasteiger charge is -2.11. The quantitative estimate of drug-likeness (QED) is 0.473. The number of pyridine rings is 2. The van der Waals surface area contributed by atoms with E-state index in [2.05, 4.69) is 65.3 Å². The van der Waals surface area contributed by atoms with Gasteiger partial charge in [-0.2, -0.15) is 10.2 Å². The summed E-state index contributed by atoms with van der Waals surface area (Å²) in [7, 11) is 0. The summed E-state index contributed by atoms with van der Waals surface area (Å²) in [5.41, 5.74) is 10.3. The smallest absolute Gasteiger partial charge is 0.122 e. The predicted molar refractivity (Wildman–Crippen MR) is 118 cm³/mol. The number of rotatable bonds is 4. The molecule has 30 heavy (non-hydrogen) atoms. The molecule has 4 aromatic heterocycles. The number of hydrogen-bond acceptors (Lipinski definition) is 4. The van der Waals surface area contributed by atoms with Crippen LogP contribution in [0.15, 0.2) is 61.1 Å². The molecule has 0 saturated carbocycles. The number of nitrogens with one attached hydrogen (secondary N) is 1. The molecule has 1 N–H and O–H groups in total. The van der Waals surface area contributed by atoms with Crippen molar-refractivity contribution in [2.24, 2.45) is 0 Å². The fourth-order valence-corrected chi connectivity index (χ4v) is 3.76. The summed E-state index contributed by atoms with van der Waals surface area (Å²) in [4.78, 5) is 9.40. The molecule has 0 fully saturated rings. The third-order valence-corrected chi connectivity index (χ3v) is 5.54. The van der Waals surface area contributed by atoms with Crippen LogP contribution in [0.3, 0.4) is 0 Å². The molecule has 0 atom stereocenters. The lowest BCUT2D eigenvalue weighted by Crippen LogP contribution is -2.01. The number of aromatic amines is 1. The van der Waals surface area contributed by atoms with Crippen molar-refractivity contribution in [1.29, 1.82) is 0 Å². The van der Waals surface area contributed by atoms with Crippen molar-refractivity contribution in [3.05, 3.63) is 83.4 Å². The molecule has 0 saturated heterocycles. The number of aromatic nitrogens is 6. The van der Waals surface area contributed by atoms with Crippen LogP contribution in [0.25, 0.3) is 33.5 Å². The zero-order chi connectivity index (χ0) is 20.7. The Morgan fingerprint density at radius 3 is 2.70 bits per heavy atom. The first-order valence-corrected chi connectivity index (χ1v) is 9.95. The fraction of sp³-hybridized carbons (Fsp3) is 0.167. The van der Waals surface area contributed by atoms with Crippen LogP contribution in [0.5, 0.6) is 0 Å². The first-order chi connectivity index (χ1) is 14.6. The number of aryl methyl sites for hydroxylation is 2. The van der Waals surface area contributed by atoms with Gasteiger partial charge in [0.05, 0.1) is 29.6 Å². The van der Waals surface area contributed by atoms with Crippen molar-refractivity contribution in [2.75, 3.05) is 0 Å². The summed E-state index contributed by atoms with van der Waals surface area (Å²) in [6.45, 7) is 6.98. The van der Waals surface area contributed by atoms with Crippen molar-refractivity contribution >= 4 is 11.0 Å². The predicted octanol–water partition coefficient (Wildman–Crippen LogP) is 4.86. The Hall–Kier alpha value is -3.80. The summed E-state index contributed by atoms with van der Waals surface area (Å²) in [6, 6.07) is 14.4. The van der Waals surface area contributed by atoms with Gasteiger partial charge >= 0.3 is 0 Å². The summed E-state index contributed by atoms with van der Waals surface area (Å²) in [5.74, 6) is 0. The molecule has 6 nitrogen and oxygen atoms in total. The second kappa shape index (κ2) is 7.22. The molecule has 0 unspecified atom stereocenters. The Labute approximate surface area is 174 Å². The van der Waals surface area contributed by atoms with Crippen molar-refractivity contribution < 1.29 is 0 Å². The first-order valence-electron chi connectivity index (χ1n) is 9.95. The van der Waals surface area contributed by atoms with E-state index in [0.717, 1.165) is 44.8 Å². The maximum atomic E-state index is 5.03. The minimum Gasteiger partial charge on any atom is -0.276 e. The molecule has 148 valence electrons. The Kier molecular flexibility index (Phi) is 4.39. The Morgan fingerprint density at radius 1 is 0.967 bits per heavy atom. The Balaban J connectivity index is 1.57. The van der Waals surface area contributed by atoms with E-state index < -0.39 is 0 Å². The molecule has 0 radical (unpaired) electrons. The number of hydrogen-bond donors (Lipinski definition) is 1. The van der Waals surface area contributed by atoms with Gasteiger partial charge in [0.15, 0.2) is 0 Å². The molecule has 0 aliphatic rings. The Bertz CT molecular complexity index is 1350. The zero-order valence-electron chi connectivity index (χ0n) is 17.2. The van der Waals surface area contributed by atoms with Gasteiger partial charge in [0.1, 0.15) is 11.2 Å². The zero-order valence-corrected chi connectivity index (χ0v) is 17.2. The topological polar surface area (TPSA) is 72.3 Å². The van der Waals surface area contributed by atoms with E-state index in [9.17, 15) is 0 Å². The molecule has 1 aromatic carbocycles. The van der Waals surface area contributed by atoms with E-state index >= 15 is 0 Å². The van der Waals surface area contributed by atoms with E-state index in [1.807, 2.05) is 35.3 Å². The molecule has 0 bridgehead atoms. The second-order valence-corrected chi connectivity index (χ2v) is 7.62. The molecular weight excluding hydrogens is 372 g/mol. The molecule has 0 amide bonds. The third-order valence-electron chi connectivity index (χ3n) is 5.54. The van der Waals surface area contributed by atoms with Crippen LogP contribution in [0.1, 0.15) is 22.4 Å². The van der Waals surface area contributed by atoms with Gasteiger partial charge in [0.2, 0.25) is 0 Å². The van der Waals surface area contributed by atoms with Crippen molar-refractivity contribution in [3.8, 4) is 22.5 Å². The van der Waals surface area contributed by atoms with E-state index in [1.54, 1.807) is 6.20 Å². The van der Waals surface area contributed by atoms with E-state index in [-0.39, 0.29) is 0 Å². The van der Waals surface area contributed by atoms with Crippen LogP contribution in [0, 0.1) is 20.8 Å². The summed E-state index contributed by atoms with van der Waals surface area (Å²) >= 11 is 0. The highest BCUT2D eigenvalue weighted by Crippen LogP contribution is 2.32. The van der Waals surface area contributed by atoms with Crippen molar-refractivity contribution in [2.45, 2.75) is 27.3 Å². The molecule has 5 rings (SSSR count). The average molecular weight is 394 g/mol. The van der Waals surface area contributed by atoms with Gasteiger partial charge in [-0.1, -0.05) is 24.3 Å². The molecular formula is C24H22N6. The van der Waals surface area contributed by atoms with Crippen LogP contribution in [-0.4, -0.2) is 29.9 Å². The number of nitrogens with zero attached hydrogens (tertiary/aromatic N) is 5. The molecule has 0 aliphatic heterocycles. The van der Waals surface area contributed by atoms with E-state index in [0.29, 0.717) is 6.54 Å². The molecule has 0 spiro atoms. The van der Waals surface area contributed by atoms with Gasteiger partial charge in [-0.25, -0.2) is 4.98 Å². The van der Waals surface area contributed by atoms with Crippen LogP contribution >= 0.6 is 0 Å². The Morgan fingerprint density at radius 2 is 1.87 bits per heavy atom. The van der Waals surface area contributed by atoms with Crippen molar-refractivity contribution in [3.63, 3.8) is 0 Å². The monoisotopic (exact) mass is 394 g/mol. The summed E-state index contributed by atoms with van der Waals surface area (Å²) in [6.07, 6.45) is 5.61. The summed E-state index contributed by atoms with van der Waals surface area (Å²) < 4.78 is 1.87. The standard InChI is InChI=1S/C24H22N6/c1-15-7-6-9-20(17(15)3)22-16(2)11-21-24(27-22)23(29-28-21)18-12-26-30(13-18)14-19-8-4-5-10-25-19/h4-13H,14H2,1-3H3,(H,28,29). The highest BCUT2D eigenvalue weighted by atomic mass is 15.3. The minimum absolute atomic E-state index is 0.615. The van der Waals surface area contributed by atoms with Gasteiger partial charge in [-0.15, -0.1) is 0 Å². The second-order valence-electron chi connectivity index (χ2n) is 7.62. The number of fused-ring (bicyclic) bond motifs is 1. The van der Waals surface area contributed by atoms with Gasteiger partial charge in [0.25, 0.3) is 0 Å². The van der Waals surface area contributed by atoms with Crippen LogP contribution < -0.4 is 0 Å². The lowest BCUT2D eigenvalue weighted by molar-refractivity contribution is 0.673. The van der Waals surface area contributed by atoms with Gasteiger partial charge < -0.3 is 0 Å². The highest BCUT2D eigenvalue weighted by molar-refractivity contribution is 5.91. The normalized spacial score (nSPS) is 11.3. The largest absolute Gasteiger partial charge is 0.276 e. The molecule has 6 heteroatoms. The van der Waals surface area contributed by atoms with Gasteiger partial charge in [0, 0.05) is 23.5 Å². The first kappa shape index (κ1) is 18.2. The maximum Gasteiger partial charge on any atom is 0.122 e. The minimum atomic E-state index is 0.615. The van der Waals surface area contributed by atoms with Gasteiger partial charge in [-0.05, 0) is 55.7 Å². The van der Waals surface area contributed by atoms with Crippen molar-refractivity contribution in [1.82, 2.24) is 29.9 Å². The maximum absolute atomic E-state index is 5.03. The molecule has 0 aliphatic carbocycles. The summed E-state index contributed by atoms with van der Waals surface area (Å²) in [5, 5.41) is 12.2. The SMILES string of the molecule is Cc1cc2[nH]nc(-c3cnn(Cc4ccccn4)c3)c2nc1-c1cccc(C)c1C. The van der Waals surface area contributed by atoms with Crippen LogP contribution in [0.4, 0.5) is 0 Å². The highest BCUT2D eigenvalue weighted by Gasteiger charge is 2.16. The number of H-pyrrole nitrogens is 1. The van der Waals surface area contributed by atoms with Crippen LogP contribution in [-0.2, 0) is 6.54 Å². The molecule has 5 aromatic rings. The van der Waals surface area contributed by atoms with E-state index in [1.165, 1.54) is 11.1 Å². The number of benzene rings is 1. The molecule has 4 heterocycles. The average Bonchev–Trinajstić information content (AvgIpc) is 3.37. The van der Waals surface area contributed by atoms with Gasteiger partial charge in [-0.3, -0.25) is 14.8 Å². The third kappa shape index (κ3) is 3.16. The van der Waals surface area contributed by atoms with E-state index in [4.69, 9.17) is 4.98 Å². The fourth-order valence-electron chi connectivity index (χ4n) is 3.76. The van der Waals surface area contributed by atoms with Crippen LogP contribution in [0.2, 0.25) is 0 Å². The lowest BCUT2D eigenvalue weighted by atomic mass is 9.98.